The monoisotopic (exact) mass is 352 g/mol. The van der Waals surface area contributed by atoms with Crippen molar-refractivity contribution in [3.63, 3.8) is 0 Å². The van der Waals surface area contributed by atoms with E-state index < -0.39 is 0 Å². The Bertz CT molecular complexity index is 772. The smallest absolute Gasteiger partial charge is 0.256 e. The fourth-order valence-electron chi connectivity index (χ4n) is 3.80. The number of benzene rings is 1. The van der Waals surface area contributed by atoms with E-state index >= 15 is 0 Å². The number of pyridine rings is 1. The lowest BCUT2D eigenvalue weighted by molar-refractivity contribution is -0.100. The molecule has 2 saturated heterocycles. The SMILES string of the molecule is Cc1nc(-c2ccccc2)ccc1C(=O)N1CCCCC1C1OCCO1. The molecule has 26 heavy (non-hydrogen) atoms. The van der Waals surface area contributed by atoms with Gasteiger partial charge in [0.1, 0.15) is 0 Å². The molecule has 0 bridgehead atoms. The predicted molar refractivity (Wildman–Crippen MR) is 98.8 cm³/mol. The lowest BCUT2D eigenvalue weighted by Gasteiger charge is -2.38. The van der Waals surface area contributed by atoms with Crippen LogP contribution in [-0.2, 0) is 9.47 Å². The van der Waals surface area contributed by atoms with Gasteiger partial charge in [0.25, 0.3) is 5.91 Å². The molecule has 0 radical (unpaired) electrons. The van der Waals surface area contributed by atoms with E-state index in [4.69, 9.17) is 9.47 Å². The minimum absolute atomic E-state index is 0.00745. The lowest BCUT2D eigenvalue weighted by Crippen LogP contribution is -2.50. The first-order valence-electron chi connectivity index (χ1n) is 9.31. The number of rotatable bonds is 3. The highest BCUT2D eigenvalue weighted by Crippen LogP contribution is 2.27. The van der Waals surface area contributed by atoms with E-state index in [1.165, 1.54) is 0 Å². The van der Waals surface area contributed by atoms with Crippen molar-refractivity contribution in [3.8, 4) is 11.3 Å². The second-order valence-electron chi connectivity index (χ2n) is 6.87. The summed E-state index contributed by atoms with van der Waals surface area (Å²) in [6.45, 7) is 3.86. The van der Waals surface area contributed by atoms with E-state index in [1.54, 1.807) is 0 Å². The summed E-state index contributed by atoms with van der Waals surface area (Å²) in [5.74, 6) is 0.0263. The fourth-order valence-corrected chi connectivity index (χ4v) is 3.80. The Labute approximate surface area is 153 Å². The van der Waals surface area contributed by atoms with Gasteiger partial charge < -0.3 is 14.4 Å². The number of aromatic nitrogens is 1. The summed E-state index contributed by atoms with van der Waals surface area (Å²) in [5, 5.41) is 0. The van der Waals surface area contributed by atoms with Gasteiger partial charge in [0.15, 0.2) is 6.29 Å². The van der Waals surface area contributed by atoms with Crippen molar-refractivity contribution in [1.82, 2.24) is 9.88 Å². The zero-order valence-electron chi connectivity index (χ0n) is 15.1. The van der Waals surface area contributed by atoms with Gasteiger partial charge in [-0.2, -0.15) is 0 Å². The Morgan fingerprint density at radius 3 is 2.58 bits per heavy atom. The van der Waals surface area contributed by atoms with Crippen LogP contribution < -0.4 is 0 Å². The lowest BCUT2D eigenvalue weighted by atomic mass is 9.99. The quantitative estimate of drug-likeness (QED) is 0.849. The molecule has 1 atom stereocenters. The zero-order valence-corrected chi connectivity index (χ0v) is 15.1. The van der Waals surface area contributed by atoms with Crippen LogP contribution in [-0.4, -0.2) is 47.9 Å². The Morgan fingerprint density at radius 1 is 1.08 bits per heavy atom. The molecule has 2 aliphatic heterocycles. The van der Waals surface area contributed by atoms with Crippen molar-refractivity contribution >= 4 is 5.91 Å². The maximum atomic E-state index is 13.2. The Hall–Kier alpha value is -2.24. The molecule has 5 heteroatoms. The van der Waals surface area contributed by atoms with E-state index in [0.717, 1.165) is 42.8 Å². The highest BCUT2D eigenvalue weighted by atomic mass is 16.7. The normalized spacial score (nSPS) is 21.1. The first-order chi connectivity index (χ1) is 12.7. The van der Waals surface area contributed by atoms with E-state index in [1.807, 2.05) is 54.3 Å². The largest absolute Gasteiger partial charge is 0.348 e. The molecule has 3 heterocycles. The average molecular weight is 352 g/mol. The Morgan fingerprint density at radius 2 is 1.85 bits per heavy atom. The number of hydrogen-bond donors (Lipinski definition) is 0. The van der Waals surface area contributed by atoms with Crippen molar-refractivity contribution in [2.45, 2.75) is 38.5 Å². The van der Waals surface area contributed by atoms with Gasteiger partial charge in [0.2, 0.25) is 0 Å². The minimum Gasteiger partial charge on any atom is -0.348 e. The van der Waals surface area contributed by atoms with Gasteiger partial charge >= 0.3 is 0 Å². The van der Waals surface area contributed by atoms with Gasteiger partial charge in [0.05, 0.1) is 36.2 Å². The second-order valence-corrected chi connectivity index (χ2v) is 6.87. The molecule has 0 saturated carbocycles. The molecule has 1 unspecified atom stereocenters. The summed E-state index contributed by atoms with van der Waals surface area (Å²) in [5.41, 5.74) is 3.36. The second kappa shape index (κ2) is 7.56. The van der Waals surface area contributed by atoms with E-state index in [2.05, 4.69) is 4.98 Å². The van der Waals surface area contributed by atoms with Crippen LogP contribution in [0.4, 0.5) is 0 Å². The van der Waals surface area contributed by atoms with Gasteiger partial charge in [-0.3, -0.25) is 9.78 Å². The third-order valence-electron chi connectivity index (χ3n) is 5.16. The number of amides is 1. The maximum absolute atomic E-state index is 13.2. The zero-order chi connectivity index (χ0) is 17.9. The van der Waals surface area contributed by atoms with Crippen LogP contribution in [0.25, 0.3) is 11.3 Å². The van der Waals surface area contributed by atoms with Crippen LogP contribution in [0.2, 0.25) is 0 Å². The van der Waals surface area contributed by atoms with Gasteiger partial charge in [0, 0.05) is 12.1 Å². The molecule has 0 aliphatic carbocycles. The van der Waals surface area contributed by atoms with E-state index in [-0.39, 0.29) is 18.2 Å². The molecule has 2 fully saturated rings. The van der Waals surface area contributed by atoms with Crippen LogP contribution in [0.15, 0.2) is 42.5 Å². The van der Waals surface area contributed by atoms with E-state index in [0.29, 0.717) is 18.8 Å². The molecule has 1 aromatic heterocycles. The Balaban J connectivity index is 1.58. The topological polar surface area (TPSA) is 51.7 Å². The van der Waals surface area contributed by atoms with Crippen molar-refractivity contribution in [3.05, 3.63) is 53.7 Å². The molecule has 1 aromatic carbocycles. The number of nitrogens with zero attached hydrogens (tertiary/aromatic N) is 2. The summed E-state index contributed by atoms with van der Waals surface area (Å²) >= 11 is 0. The first-order valence-corrected chi connectivity index (χ1v) is 9.31. The number of piperidine rings is 1. The van der Waals surface area contributed by atoms with E-state index in [9.17, 15) is 4.79 Å². The van der Waals surface area contributed by atoms with Gasteiger partial charge in [-0.1, -0.05) is 30.3 Å². The van der Waals surface area contributed by atoms with Crippen molar-refractivity contribution in [2.75, 3.05) is 19.8 Å². The summed E-state index contributed by atoms with van der Waals surface area (Å²) < 4.78 is 11.4. The molecule has 4 rings (SSSR count). The van der Waals surface area contributed by atoms with Gasteiger partial charge in [-0.25, -0.2) is 0 Å². The fraction of sp³-hybridized carbons (Fsp3) is 0.429. The summed E-state index contributed by atoms with van der Waals surface area (Å²) in [4.78, 5) is 19.8. The molecular formula is C21H24N2O3. The number of likely N-dealkylation sites (tertiary alicyclic amines) is 1. The number of hydrogen-bond acceptors (Lipinski definition) is 4. The number of ether oxygens (including phenoxy) is 2. The molecule has 1 amide bonds. The van der Waals surface area contributed by atoms with Crippen LogP contribution in [0.1, 0.15) is 35.3 Å². The maximum Gasteiger partial charge on any atom is 0.256 e. The van der Waals surface area contributed by atoms with Crippen molar-refractivity contribution in [1.29, 1.82) is 0 Å². The summed E-state index contributed by atoms with van der Waals surface area (Å²) in [7, 11) is 0. The molecule has 136 valence electrons. The number of aryl methyl sites for hydroxylation is 1. The van der Waals surface area contributed by atoms with Crippen LogP contribution in [0.3, 0.4) is 0 Å². The van der Waals surface area contributed by atoms with Crippen LogP contribution in [0.5, 0.6) is 0 Å². The van der Waals surface area contributed by atoms with Crippen LogP contribution >= 0.6 is 0 Å². The van der Waals surface area contributed by atoms with Crippen molar-refractivity contribution in [2.24, 2.45) is 0 Å². The Kier molecular flexibility index (Phi) is 5.00. The first kappa shape index (κ1) is 17.2. The summed E-state index contributed by atoms with van der Waals surface area (Å²) in [6, 6.07) is 13.8. The third-order valence-corrected chi connectivity index (χ3v) is 5.16. The van der Waals surface area contributed by atoms with Gasteiger partial charge in [-0.15, -0.1) is 0 Å². The third kappa shape index (κ3) is 3.37. The number of carbonyl (C=O) groups excluding carboxylic acids is 1. The highest BCUT2D eigenvalue weighted by molar-refractivity contribution is 5.95. The standard InChI is InChI=1S/C21H24N2O3/c1-15-17(10-11-18(22-15)16-7-3-2-4-8-16)20(24)23-12-6-5-9-19(23)21-25-13-14-26-21/h2-4,7-8,10-11,19,21H,5-6,9,12-14H2,1H3. The molecular weight excluding hydrogens is 328 g/mol. The molecule has 2 aliphatic rings. The molecule has 0 N–H and O–H groups in total. The molecule has 5 nitrogen and oxygen atoms in total. The highest BCUT2D eigenvalue weighted by Gasteiger charge is 2.37. The predicted octanol–water partition coefficient (Wildman–Crippen LogP) is 3.42. The number of carbonyl (C=O) groups is 1. The molecule has 0 spiro atoms. The summed E-state index contributed by atoms with van der Waals surface area (Å²) in [6.07, 6.45) is 2.74. The van der Waals surface area contributed by atoms with Crippen molar-refractivity contribution < 1.29 is 14.3 Å². The average Bonchev–Trinajstić information content (AvgIpc) is 3.23. The molecule has 2 aromatic rings. The van der Waals surface area contributed by atoms with Crippen LogP contribution in [0, 0.1) is 6.92 Å². The van der Waals surface area contributed by atoms with Gasteiger partial charge in [-0.05, 0) is 38.3 Å². The minimum atomic E-state index is -0.295.